The summed E-state index contributed by atoms with van der Waals surface area (Å²) in [4.78, 5) is 5.61. The van der Waals surface area contributed by atoms with Crippen molar-refractivity contribution in [2.75, 3.05) is 6.54 Å². The number of likely N-dealkylation sites (tertiary alicyclic amines) is 1. The van der Waals surface area contributed by atoms with Crippen molar-refractivity contribution in [3.05, 3.63) is 21.4 Å². The van der Waals surface area contributed by atoms with E-state index in [4.69, 9.17) is 5.73 Å². The highest BCUT2D eigenvalue weighted by atomic mass is 32.1. The second-order valence-corrected chi connectivity index (χ2v) is 7.40. The van der Waals surface area contributed by atoms with Crippen molar-refractivity contribution in [1.82, 2.24) is 4.90 Å². The van der Waals surface area contributed by atoms with E-state index in [9.17, 15) is 0 Å². The molecule has 2 unspecified atom stereocenters. The molecule has 1 aromatic rings. The van der Waals surface area contributed by atoms with Crippen LogP contribution in [0.5, 0.6) is 0 Å². The lowest BCUT2D eigenvalue weighted by Crippen LogP contribution is -2.41. The molecule has 0 radical (unpaired) electrons. The number of hydrogen-bond donors (Lipinski definition) is 1. The van der Waals surface area contributed by atoms with E-state index < -0.39 is 0 Å². The maximum atomic E-state index is 6.51. The van der Waals surface area contributed by atoms with Crippen LogP contribution >= 0.6 is 11.3 Å². The van der Waals surface area contributed by atoms with Gasteiger partial charge in [0, 0.05) is 21.8 Å². The Balaban J connectivity index is 1.94. The highest BCUT2D eigenvalue weighted by Crippen LogP contribution is 2.41. The van der Waals surface area contributed by atoms with Gasteiger partial charge >= 0.3 is 0 Å². The number of rotatable bonds is 2. The van der Waals surface area contributed by atoms with Gasteiger partial charge in [-0.05, 0) is 57.7 Å². The number of thiophene rings is 1. The first-order valence-corrected chi connectivity index (χ1v) is 8.06. The standard InChI is InChI=1S/C15H24N2S/c1-10-9-13(11(2)18-10)15-14(16)5-3-4-8-17(15)12-6-7-12/h9,12,14-15H,3-8,16H2,1-2H3. The molecule has 1 aliphatic carbocycles. The topological polar surface area (TPSA) is 29.3 Å². The Kier molecular flexibility index (Phi) is 3.48. The zero-order valence-corrected chi connectivity index (χ0v) is 12.3. The van der Waals surface area contributed by atoms with Crippen molar-refractivity contribution in [2.45, 2.75) is 64.1 Å². The lowest BCUT2D eigenvalue weighted by atomic mass is 9.96. The van der Waals surface area contributed by atoms with E-state index in [1.807, 2.05) is 11.3 Å². The molecule has 3 rings (SSSR count). The summed E-state index contributed by atoms with van der Waals surface area (Å²) in [6, 6.07) is 4.00. The monoisotopic (exact) mass is 264 g/mol. The van der Waals surface area contributed by atoms with Crippen molar-refractivity contribution < 1.29 is 0 Å². The van der Waals surface area contributed by atoms with Crippen molar-refractivity contribution in [2.24, 2.45) is 5.73 Å². The molecule has 2 heterocycles. The molecule has 0 spiro atoms. The third-order valence-corrected chi connectivity index (χ3v) is 5.36. The van der Waals surface area contributed by atoms with Crippen LogP contribution in [0.15, 0.2) is 6.07 Å². The molecule has 0 aromatic carbocycles. The van der Waals surface area contributed by atoms with Gasteiger partial charge in [-0.1, -0.05) is 6.42 Å². The van der Waals surface area contributed by atoms with Crippen molar-refractivity contribution in [1.29, 1.82) is 0 Å². The largest absolute Gasteiger partial charge is 0.326 e. The summed E-state index contributed by atoms with van der Waals surface area (Å²) < 4.78 is 0. The van der Waals surface area contributed by atoms with Gasteiger partial charge in [-0.2, -0.15) is 0 Å². The van der Waals surface area contributed by atoms with E-state index in [0.29, 0.717) is 12.1 Å². The molecule has 1 aromatic heterocycles. The summed E-state index contributed by atoms with van der Waals surface area (Å²) in [6.07, 6.45) is 6.56. The summed E-state index contributed by atoms with van der Waals surface area (Å²) >= 11 is 1.92. The summed E-state index contributed by atoms with van der Waals surface area (Å²) in [6.45, 7) is 5.72. The minimum atomic E-state index is 0.320. The second kappa shape index (κ2) is 4.95. The first-order chi connectivity index (χ1) is 8.66. The molecular formula is C15H24N2S. The fourth-order valence-electron chi connectivity index (χ4n) is 3.39. The van der Waals surface area contributed by atoms with Gasteiger partial charge in [0.15, 0.2) is 0 Å². The molecule has 3 heteroatoms. The third-order valence-electron chi connectivity index (χ3n) is 4.38. The molecule has 18 heavy (non-hydrogen) atoms. The van der Waals surface area contributed by atoms with Gasteiger partial charge in [-0.15, -0.1) is 11.3 Å². The highest BCUT2D eigenvalue weighted by molar-refractivity contribution is 7.12. The predicted molar refractivity (Wildman–Crippen MR) is 78.1 cm³/mol. The first-order valence-electron chi connectivity index (χ1n) is 7.25. The van der Waals surface area contributed by atoms with E-state index in [1.54, 1.807) is 0 Å². The van der Waals surface area contributed by atoms with Gasteiger partial charge in [0.1, 0.15) is 0 Å². The second-order valence-electron chi connectivity index (χ2n) is 5.94. The molecular weight excluding hydrogens is 240 g/mol. The summed E-state index contributed by atoms with van der Waals surface area (Å²) in [5, 5.41) is 0. The van der Waals surface area contributed by atoms with E-state index in [0.717, 1.165) is 6.04 Å². The van der Waals surface area contributed by atoms with Gasteiger partial charge in [0.25, 0.3) is 0 Å². The minimum absolute atomic E-state index is 0.320. The van der Waals surface area contributed by atoms with Crippen LogP contribution in [0.1, 0.15) is 53.5 Å². The first kappa shape index (κ1) is 12.6. The zero-order valence-electron chi connectivity index (χ0n) is 11.5. The molecule has 2 N–H and O–H groups in total. The number of aryl methyl sites for hydroxylation is 2. The van der Waals surface area contributed by atoms with Crippen LogP contribution in [0.3, 0.4) is 0 Å². The van der Waals surface area contributed by atoms with Crippen LogP contribution in [-0.2, 0) is 0 Å². The van der Waals surface area contributed by atoms with Crippen LogP contribution in [0, 0.1) is 13.8 Å². The fourth-order valence-corrected chi connectivity index (χ4v) is 4.35. The predicted octanol–water partition coefficient (Wildman–Crippen LogP) is 3.38. The number of nitrogens with two attached hydrogens (primary N) is 1. The molecule has 1 saturated heterocycles. The fraction of sp³-hybridized carbons (Fsp3) is 0.733. The van der Waals surface area contributed by atoms with Crippen LogP contribution < -0.4 is 5.73 Å². The highest BCUT2D eigenvalue weighted by Gasteiger charge is 2.38. The summed E-state index contributed by atoms with van der Waals surface area (Å²) in [5.74, 6) is 0. The minimum Gasteiger partial charge on any atom is -0.326 e. The van der Waals surface area contributed by atoms with Crippen LogP contribution in [0.25, 0.3) is 0 Å². The quantitative estimate of drug-likeness (QED) is 0.887. The Morgan fingerprint density at radius 3 is 2.61 bits per heavy atom. The van der Waals surface area contributed by atoms with Gasteiger partial charge in [0.05, 0.1) is 6.04 Å². The number of hydrogen-bond acceptors (Lipinski definition) is 3. The zero-order chi connectivity index (χ0) is 12.7. The molecule has 2 fully saturated rings. The Hall–Kier alpha value is -0.380. The third kappa shape index (κ3) is 2.36. The van der Waals surface area contributed by atoms with E-state index in [-0.39, 0.29) is 0 Å². The average Bonchev–Trinajstić information content (AvgIpc) is 3.09. The maximum Gasteiger partial charge on any atom is 0.0513 e. The van der Waals surface area contributed by atoms with Crippen molar-refractivity contribution >= 4 is 11.3 Å². The summed E-state index contributed by atoms with van der Waals surface area (Å²) in [7, 11) is 0. The summed E-state index contributed by atoms with van der Waals surface area (Å²) in [5.41, 5.74) is 8.02. The van der Waals surface area contributed by atoms with Crippen LogP contribution in [0.2, 0.25) is 0 Å². The lowest BCUT2D eigenvalue weighted by molar-refractivity contribution is 0.175. The molecule has 2 atom stereocenters. The Bertz CT molecular complexity index is 422. The lowest BCUT2D eigenvalue weighted by Gasteiger charge is -2.34. The van der Waals surface area contributed by atoms with Gasteiger partial charge < -0.3 is 5.73 Å². The molecule has 2 aliphatic rings. The van der Waals surface area contributed by atoms with Gasteiger partial charge in [-0.3, -0.25) is 4.90 Å². The van der Waals surface area contributed by atoms with Crippen molar-refractivity contribution in [3.8, 4) is 0 Å². The Morgan fingerprint density at radius 1 is 1.22 bits per heavy atom. The van der Waals surface area contributed by atoms with E-state index in [2.05, 4.69) is 24.8 Å². The molecule has 2 nitrogen and oxygen atoms in total. The van der Waals surface area contributed by atoms with Crippen LogP contribution in [0.4, 0.5) is 0 Å². The average molecular weight is 264 g/mol. The van der Waals surface area contributed by atoms with Crippen molar-refractivity contribution in [3.63, 3.8) is 0 Å². The van der Waals surface area contributed by atoms with E-state index in [1.165, 1.54) is 54.0 Å². The van der Waals surface area contributed by atoms with Crippen LogP contribution in [-0.4, -0.2) is 23.5 Å². The van der Waals surface area contributed by atoms with E-state index >= 15 is 0 Å². The Labute approximate surface area is 114 Å². The molecule has 1 aliphatic heterocycles. The molecule has 100 valence electrons. The Morgan fingerprint density at radius 2 is 2.00 bits per heavy atom. The SMILES string of the molecule is Cc1cc(C2C(N)CCCCN2C2CC2)c(C)s1. The van der Waals surface area contributed by atoms with Gasteiger partial charge in [-0.25, -0.2) is 0 Å². The molecule has 0 amide bonds. The smallest absolute Gasteiger partial charge is 0.0513 e. The molecule has 1 saturated carbocycles. The number of nitrogens with zero attached hydrogens (tertiary/aromatic N) is 1. The normalized spacial score (nSPS) is 30.4. The molecule has 0 bridgehead atoms. The van der Waals surface area contributed by atoms with Gasteiger partial charge in [0.2, 0.25) is 0 Å². The maximum absolute atomic E-state index is 6.51.